The molecule has 1 aliphatic rings. The maximum atomic E-state index is 13.4. The van der Waals surface area contributed by atoms with Crippen molar-refractivity contribution in [3.05, 3.63) is 48.2 Å². The van der Waals surface area contributed by atoms with Gasteiger partial charge in [0, 0.05) is 24.8 Å². The van der Waals surface area contributed by atoms with Crippen LogP contribution in [-0.4, -0.2) is 51.8 Å². The number of hydrogen-bond donors (Lipinski definition) is 4. The summed E-state index contributed by atoms with van der Waals surface area (Å²) in [6.45, 7) is 3.53. The normalized spacial score (nSPS) is 21.5. The molecule has 0 spiro atoms. The van der Waals surface area contributed by atoms with Gasteiger partial charge in [-0.05, 0) is 37.3 Å². The Balaban J connectivity index is 1.73. The second-order valence-electron chi connectivity index (χ2n) is 7.44. The number of H-pyrrole nitrogens is 1. The molecule has 0 bridgehead atoms. The van der Waals surface area contributed by atoms with Crippen LogP contribution in [-0.2, 0) is 9.47 Å². The van der Waals surface area contributed by atoms with Crippen LogP contribution in [0.1, 0.15) is 19.0 Å². The highest BCUT2D eigenvalue weighted by Crippen LogP contribution is 2.33. The predicted molar refractivity (Wildman–Crippen MR) is 110 cm³/mol. The summed E-state index contributed by atoms with van der Waals surface area (Å²) in [5.74, 6) is 0.602. The number of aromatic amines is 1. The molecule has 6 N–H and O–H groups in total. The molecular weight excluding hydrogens is 389 g/mol. The first-order valence-corrected chi connectivity index (χ1v) is 9.60. The number of nitrogens with one attached hydrogen (secondary N) is 2. The maximum absolute atomic E-state index is 13.4. The van der Waals surface area contributed by atoms with Crippen molar-refractivity contribution in [2.24, 2.45) is 11.5 Å². The fourth-order valence-electron chi connectivity index (χ4n) is 3.05. The van der Waals surface area contributed by atoms with Crippen LogP contribution in [0.25, 0.3) is 22.6 Å². The van der Waals surface area contributed by atoms with E-state index in [1.54, 1.807) is 24.4 Å². The lowest BCUT2D eigenvalue weighted by atomic mass is 10.1. The molecule has 10 heteroatoms. The number of aromatic nitrogens is 4. The monoisotopic (exact) mass is 413 g/mol. The summed E-state index contributed by atoms with van der Waals surface area (Å²) in [4.78, 5) is 16.7. The minimum atomic E-state index is -0.689. The topological polar surface area (TPSA) is 137 Å². The second kappa shape index (κ2) is 8.44. The first-order valence-electron chi connectivity index (χ1n) is 9.60. The summed E-state index contributed by atoms with van der Waals surface area (Å²) >= 11 is 0. The minimum Gasteiger partial charge on any atom is -0.353 e. The van der Waals surface area contributed by atoms with E-state index >= 15 is 0 Å². The van der Waals surface area contributed by atoms with Crippen molar-refractivity contribution in [3.8, 4) is 22.6 Å². The van der Waals surface area contributed by atoms with Crippen LogP contribution in [0.2, 0.25) is 0 Å². The van der Waals surface area contributed by atoms with Gasteiger partial charge in [0.25, 0.3) is 0 Å². The quantitative estimate of drug-likeness (QED) is 0.480. The van der Waals surface area contributed by atoms with E-state index in [1.807, 2.05) is 6.92 Å². The zero-order valence-corrected chi connectivity index (χ0v) is 16.6. The van der Waals surface area contributed by atoms with Crippen LogP contribution in [0.15, 0.2) is 36.5 Å². The Morgan fingerprint density at radius 2 is 1.93 bits per heavy atom. The van der Waals surface area contributed by atoms with Gasteiger partial charge in [-0.2, -0.15) is 0 Å². The first kappa shape index (κ1) is 20.4. The van der Waals surface area contributed by atoms with Crippen molar-refractivity contribution in [3.63, 3.8) is 0 Å². The van der Waals surface area contributed by atoms with Crippen LogP contribution >= 0.6 is 0 Å². The fourth-order valence-corrected chi connectivity index (χ4v) is 3.05. The van der Waals surface area contributed by atoms with Gasteiger partial charge in [0.15, 0.2) is 5.82 Å². The highest BCUT2D eigenvalue weighted by atomic mass is 19.1. The molecule has 3 aromatic rings. The molecule has 9 nitrogen and oxygen atoms in total. The standard InChI is InChI=1S/C20H24FN7O2/c1-20(23)10-29-18(30-11-20)17-27-15(12-2-4-13(21)5-3-12)16(28-17)14-6-8-24-19(26-14)25-9-7-22/h2-6,8,18H,7,9-11,22-23H2,1H3,(H,27,28)(H,24,25,26). The average molecular weight is 413 g/mol. The van der Waals surface area contributed by atoms with E-state index in [1.165, 1.54) is 12.1 Å². The molecule has 1 fully saturated rings. The zero-order valence-electron chi connectivity index (χ0n) is 16.6. The van der Waals surface area contributed by atoms with Crippen LogP contribution in [0.4, 0.5) is 10.3 Å². The van der Waals surface area contributed by atoms with Gasteiger partial charge in [0.2, 0.25) is 12.2 Å². The molecule has 4 rings (SSSR count). The third-order valence-electron chi connectivity index (χ3n) is 4.53. The van der Waals surface area contributed by atoms with E-state index in [4.69, 9.17) is 20.9 Å². The summed E-state index contributed by atoms with van der Waals surface area (Å²) in [6.07, 6.45) is 0.954. The predicted octanol–water partition coefficient (Wildman–Crippen LogP) is 1.81. The van der Waals surface area contributed by atoms with Crippen molar-refractivity contribution in [1.82, 2.24) is 19.9 Å². The SMILES string of the molecule is CC1(N)COC(c2nc(-c3ccc(F)cc3)c(-c3ccnc(NCCN)n3)[nH]2)OC1. The fraction of sp³-hybridized carbons (Fsp3) is 0.350. The number of benzene rings is 1. The molecular formula is C20H24FN7O2. The Hall–Kier alpha value is -2.92. The van der Waals surface area contributed by atoms with E-state index in [2.05, 4.69) is 25.3 Å². The van der Waals surface area contributed by atoms with Crippen molar-refractivity contribution in [1.29, 1.82) is 0 Å². The van der Waals surface area contributed by atoms with E-state index in [-0.39, 0.29) is 5.82 Å². The highest BCUT2D eigenvalue weighted by molar-refractivity contribution is 5.77. The van der Waals surface area contributed by atoms with Crippen molar-refractivity contribution >= 4 is 5.95 Å². The molecule has 0 amide bonds. The van der Waals surface area contributed by atoms with Gasteiger partial charge in [-0.15, -0.1) is 0 Å². The Labute approximate surface area is 173 Å². The maximum Gasteiger partial charge on any atom is 0.223 e. The van der Waals surface area contributed by atoms with Gasteiger partial charge in [-0.3, -0.25) is 0 Å². The lowest BCUT2D eigenvalue weighted by molar-refractivity contribution is -0.211. The summed E-state index contributed by atoms with van der Waals surface area (Å²) in [7, 11) is 0. The third-order valence-corrected chi connectivity index (χ3v) is 4.53. The smallest absolute Gasteiger partial charge is 0.223 e. The molecule has 30 heavy (non-hydrogen) atoms. The molecule has 158 valence electrons. The Morgan fingerprint density at radius 1 is 1.20 bits per heavy atom. The molecule has 1 aromatic carbocycles. The summed E-state index contributed by atoms with van der Waals surface area (Å²) in [6, 6.07) is 7.85. The van der Waals surface area contributed by atoms with Gasteiger partial charge in [-0.1, -0.05) is 0 Å². The Kier molecular flexibility index (Phi) is 5.73. The van der Waals surface area contributed by atoms with E-state index in [0.29, 0.717) is 55.2 Å². The Morgan fingerprint density at radius 3 is 2.63 bits per heavy atom. The number of ether oxygens (including phenoxy) is 2. The highest BCUT2D eigenvalue weighted by Gasteiger charge is 2.32. The number of hydrogen-bond acceptors (Lipinski definition) is 8. The number of rotatable bonds is 6. The van der Waals surface area contributed by atoms with Gasteiger partial charge in [0.1, 0.15) is 5.82 Å². The third kappa shape index (κ3) is 4.46. The van der Waals surface area contributed by atoms with Gasteiger partial charge in [-0.25, -0.2) is 19.3 Å². The van der Waals surface area contributed by atoms with Crippen molar-refractivity contribution in [2.45, 2.75) is 18.8 Å². The van der Waals surface area contributed by atoms with Crippen molar-refractivity contribution in [2.75, 3.05) is 31.6 Å². The van der Waals surface area contributed by atoms with Gasteiger partial charge < -0.3 is 31.2 Å². The first-order chi connectivity index (χ1) is 14.4. The molecule has 1 aliphatic heterocycles. The Bertz CT molecular complexity index is 997. The largest absolute Gasteiger partial charge is 0.353 e. The van der Waals surface area contributed by atoms with Crippen LogP contribution < -0.4 is 16.8 Å². The molecule has 1 saturated heterocycles. The van der Waals surface area contributed by atoms with E-state index in [9.17, 15) is 4.39 Å². The number of nitrogens with two attached hydrogens (primary N) is 2. The summed E-state index contributed by atoms with van der Waals surface area (Å²) < 4.78 is 25.0. The van der Waals surface area contributed by atoms with E-state index < -0.39 is 11.8 Å². The molecule has 0 saturated carbocycles. The molecule has 0 radical (unpaired) electrons. The molecule has 0 aliphatic carbocycles. The minimum absolute atomic E-state index is 0.326. The number of nitrogens with zero attached hydrogens (tertiary/aromatic N) is 3. The van der Waals surface area contributed by atoms with E-state index in [0.717, 1.165) is 5.56 Å². The number of anilines is 1. The summed E-state index contributed by atoms with van der Waals surface area (Å²) in [5.41, 5.74) is 13.6. The molecule has 0 unspecified atom stereocenters. The van der Waals surface area contributed by atoms with Gasteiger partial charge >= 0.3 is 0 Å². The summed E-state index contributed by atoms with van der Waals surface area (Å²) in [5, 5.41) is 3.06. The van der Waals surface area contributed by atoms with Gasteiger partial charge in [0.05, 0.1) is 35.8 Å². The van der Waals surface area contributed by atoms with Crippen molar-refractivity contribution < 1.29 is 13.9 Å². The average Bonchev–Trinajstić information content (AvgIpc) is 3.18. The zero-order chi connectivity index (χ0) is 21.1. The molecule has 0 atom stereocenters. The van der Waals surface area contributed by atoms with Crippen LogP contribution in [0.5, 0.6) is 0 Å². The lowest BCUT2D eigenvalue weighted by Gasteiger charge is -2.33. The van der Waals surface area contributed by atoms with Crippen LogP contribution in [0.3, 0.4) is 0 Å². The van der Waals surface area contributed by atoms with Crippen LogP contribution in [0, 0.1) is 5.82 Å². The lowest BCUT2D eigenvalue weighted by Crippen LogP contribution is -2.50. The number of halogens is 1. The number of imidazole rings is 1. The second-order valence-corrected chi connectivity index (χ2v) is 7.44. The molecule has 3 heterocycles. The molecule has 2 aromatic heterocycles.